The van der Waals surface area contributed by atoms with E-state index in [2.05, 4.69) is 5.32 Å². The van der Waals surface area contributed by atoms with Gasteiger partial charge in [-0.1, -0.05) is 32.1 Å². The molecule has 21 heavy (non-hydrogen) atoms. The zero-order valence-corrected chi connectivity index (χ0v) is 11.8. The Morgan fingerprint density at radius 1 is 1.19 bits per heavy atom. The first-order chi connectivity index (χ1) is 10.0. The molecule has 1 aromatic carbocycles. The Hall–Kier alpha value is -1.70. The van der Waals surface area contributed by atoms with Gasteiger partial charge in [0.25, 0.3) is 0 Å². The predicted molar refractivity (Wildman–Crippen MR) is 75.8 cm³/mol. The molecule has 0 atom stereocenters. The molecule has 1 aromatic rings. The second-order valence-electron chi connectivity index (χ2n) is 5.59. The highest BCUT2D eigenvalue weighted by molar-refractivity contribution is 5.56. The van der Waals surface area contributed by atoms with Gasteiger partial charge in [-0.3, -0.25) is 0 Å². The van der Waals surface area contributed by atoms with Gasteiger partial charge in [-0.05, 0) is 30.5 Å². The SMILES string of the molecule is N#Cc1ccc(NCCC2CCCCC2)c(C(F)(F)F)c1. The van der Waals surface area contributed by atoms with Crippen molar-refractivity contribution in [1.29, 1.82) is 5.26 Å². The van der Waals surface area contributed by atoms with Crippen LogP contribution in [-0.4, -0.2) is 6.54 Å². The standard InChI is InChI=1S/C16H19F3N2/c17-16(18,19)14-10-13(11-20)6-7-15(14)21-9-8-12-4-2-1-3-5-12/h6-7,10,12,21H,1-5,8-9H2. The van der Waals surface area contributed by atoms with Gasteiger partial charge in [-0.25, -0.2) is 0 Å². The fourth-order valence-electron chi connectivity index (χ4n) is 2.89. The average molecular weight is 296 g/mol. The lowest BCUT2D eigenvalue weighted by Gasteiger charge is -2.22. The molecule has 1 saturated carbocycles. The summed E-state index contributed by atoms with van der Waals surface area (Å²) in [4.78, 5) is 0. The van der Waals surface area contributed by atoms with Crippen LogP contribution in [0.2, 0.25) is 0 Å². The molecule has 0 unspecified atom stereocenters. The van der Waals surface area contributed by atoms with Crippen molar-refractivity contribution in [2.24, 2.45) is 5.92 Å². The number of nitrogens with one attached hydrogen (secondary N) is 1. The molecule has 1 aliphatic carbocycles. The van der Waals surface area contributed by atoms with Crippen molar-refractivity contribution in [2.75, 3.05) is 11.9 Å². The normalized spacial score (nSPS) is 16.5. The Bertz CT molecular complexity index is 511. The second kappa shape index (κ2) is 6.84. The molecule has 5 heteroatoms. The number of nitrogens with zero attached hydrogens (tertiary/aromatic N) is 1. The summed E-state index contributed by atoms with van der Waals surface area (Å²) >= 11 is 0. The van der Waals surface area contributed by atoms with Crippen molar-refractivity contribution in [3.63, 3.8) is 0 Å². The molecular formula is C16H19F3N2. The van der Waals surface area contributed by atoms with Crippen LogP contribution in [0.3, 0.4) is 0 Å². The summed E-state index contributed by atoms with van der Waals surface area (Å²) in [6.45, 7) is 0.541. The van der Waals surface area contributed by atoms with Gasteiger partial charge < -0.3 is 5.32 Å². The van der Waals surface area contributed by atoms with E-state index in [4.69, 9.17) is 5.26 Å². The third-order valence-corrected chi connectivity index (χ3v) is 4.05. The van der Waals surface area contributed by atoms with Gasteiger partial charge in [0.1, 0.15) is 0 Å². The molecule has 1 fully saturated rings. The quantitative estimate of drug-likeness (QED) is 0.852. The molecule has 0 aliphatic heterocycles. The van der Waals surface area contributed by atoms with Gasteiger partial charge in [-0.2, -0.15) is 18.4 Å². The van der Waals surface area contributed by atoms with Gasteiger partial charge in [0.15, 0.2) is 0 Å². The van der Waals surface area contributed by atoms with Crippen LogP contribution in [0.5, 0.6) is 0 Å². The van der Waals surface area contributed by atoms with Crippen molar-refractivity contribution in [1.82, 2.24) is 0 Å². The Labute approximate surface area is 123 Å². The van der Waals surface area contributed by atoms with Crippen molar-refractivity contribution in [3.05, 3.63) is 29.3 Å². The minimum absolute atomic E-state index is 0.0279. The number of anilines is 1. The van der Waals surface area contributed by atoms with Crippen LogP contribution >= 0.6 is 0 Å². The van der Waals surface area contributed by atoms with Gasteiger partial charge in [0.2, 0.25) is 0 Å². The van der Waals surface area contributed by atoms with Crippen LogP contribution in [0.25, 0.3) is 0 Å². The molecule has 2 nitrogen and oxygen atoms in total. The number of hydrogen-bond acceptors (Lipinski definition) is 2. The molecule has 114 valence electrons. The van der Waals surface area contributed by atoms with Gasteiger partial charge in [-0.15, -0.1) is 0 Å². The molecule has 0 spiro atoms. The van der Waals surface area contributed by atoms with E-state index in [1.165, 1.54) is 44.2 Å². The maximum atomic E-state index is 13.0. The topological polar surface area (TPSA) is 35.8 Å². The minimum atomic E-state index is -4.44. The van der Waals surface area contributed by atoms with Crippen LogP contribution in [0.1, 0.15) is 49.7 Å². The first kappa shape index (κ1) is 15.7. The van der Waals surface area contributed by atoms with E-state index >= 15 is 0 Å². The van der Waals surface area contributed by atoms with Crippen molar-refractivity contribution in [3.8, 4) is 6.07 Å². The average Bonchev–Trinajstić information content (AvgIpc) is 2.47. The van der Waals surface area contributed by atoms with E-state index in [0.29, 0.717) is 12.5 Å². The number of hydrogen-bond donors (Lipinski definition) is 1. The number of nitriles is 1. The van der Waals surface area contributed by atoms with E-state index in [9.17, 15) is 13.2 Å². The van der Waals surface area contributed by atoms with Crippen molar-refractivity contribution in [2.45, 2.75) is 44.7 Å². The molecule has 0 saturated heterocycles. The van der Waals surface area contributed by atoms with Crippen molar-refractivity contribution >= 4 is 5.69 Å². The summed E-state index contributed by atoms with van der Waals surface area (Å²) in [6, 6.07) is 5.42. The fourth-order valence-corrected chi connectivity index (χ4v) is 2.89. The highest BCUT2D eigenvalue weighted by atomic mass is 19.4. The summed E-state index contributed by atoms with van der Waals surface area (Å²) in [7, 11) is 0. The Balaban J connectivity index is 2.00. The molecule has 0 aromatic heterocycles. The molecule has 0 bridgehead atoms. The van der Waals surface area contributed by atoms with Crippen molar-refractivity contribution < 1.29 is 13.2 Å². The molecule has 0 amide bonds. The van der Waals surface area contributed by atoms with E-state index in [0.717, 1.165) is 12.5 Å². The third kappa shape index (κ3) is 4.38. The zero-order chi connectivity index (χ0) is 15.3. The molecule has 0 radical (unpaired) electrons. The highest BCUT2D eigenvalue weighted by Gasteiger charge is 2.33. The Kier molecular flexibility index (Phi) is 5.11. The molecule has 0 heterocycles. The van der Waals surface area contributed by atoms with Crippen LogP contribution in [-0.2, 0) is 6.18 Å². The van der Waals surface area contributed by atoms with Crippen LogP contribution in [0.4, 0.5) is 18.9 Å². The van der Waals surface area contributed by atoms with Crippen LogP contribution < -0.4 is 5.32 Å². The Morgan fingerprint density at radius 2 is 1.90 bits per heavy atom. The number of halogens is 3. The number of alkyl halides is 3. The summed E-state index contributed by atoms with van der Waals surface area (Å²) in [5.41, 5.74) is -0.664. The largest absolute Gasteiger partial charge is 0.418 e. The van der Waals surface area contributed by atoms with E-state index < -0.39 is 11.7 Å². The summed E-state index contributed by atoms with van der Waals surface area (Å²) < 4.78 is 39.0. The monoisotopic (exact) mass is 296 g/mol. The van der Waals surface area contributed by atoms with Gasteiger partial charge in [0.05, 0.1) is 17.2 Å². The smallest absolute Gasteiger partial charge is 0.385 e. The fraction of sp³-hybridized carbons (Fsp3) is 0.562. The predicted octanol–water partition coefficient (Wildman–Crippen LogP) is 4.96. The summed E-state index contributed by atoms with van der Waals surface area (Å²) in [5, 5.41) is 11.6. The minimum Gasteiger partial charge on any atom is -0.385 e. The second-order valence-corrected chi connectivity index (χ2v) is 5.59. The lowest BCUT2D eigenvalue weighted by atomic mass is 9.87. The van der Waals surface area contributed by atoms with Gasteiger partial charge in [0, 0.05) is 12.2 Å². The lowest BCUT2D eigenvalue weighted by Crippen LogP contribution is -2.15. The maximum Gasteiger partial charge on any atom is 0.418 e. The van der Waals surface area contributed by atoms with Gasteiger partial charge >= 0.3 is 6.18 Å². The summed E-state index contributed by atoms with van der Waals surface area (Å²) in [6.07, 6.45) is 2.56. The zero-order valence-electron chi connectivity index (χ0n) is 11.8. The lowest BCUT2D eigenvalue weighted by molar-refractivity contribution is -0.137. The van der Waals surface area contributed by atoms with Crippen LogP contribution in [0.15, 0.2) is 18.2 Å². The Morgan fingerprint density at radius 3 is 2.52 bits per heavy atom. The first-order valence-electron chi connectivity index (χ1n) is 7.36. The van der Waals surface area contributed by atoms with E-state index in [1.807, 2.05) is 0 Å². The molecule has 2 rings (SSSR count). The number of benzene rings is 1. The molecule has 1 N–H and O–H groups in total. The maximum absolute atomic E-state index is 13.0. The highest BCUT2D eigenvalue weighted by Crippen LogP contribution is 2.35. The van der Waals surface area contributed by atoms with E-state index in [1.54, 1.807) is 6.07 Å². The molecular weight excluding hydrogens is 277 g/mol. The van der Waals surface area contributed by atoms with Crippen LogP contribution in [0, 0.1) is 17.2 Å². The number of rotatable bonds is 4. The molecule has 1 aliphatic rings. The van der Waals surface area contributed by atoms with E-state index in [-0.39, 0.29) is 11.3 Å². The third-order valence-electron chi connectivity index (χ3n) is 4.05. The first-order valence-corrected chi connectivity index (χ1v) is 7.36. The summed E-state index contributed by atoms with van der Waals surface area (Å²) in [5.74, 6) is 0.624.